The third-order valence-electron chi connectivity index (χ3n) is 4.02. The summed E-state index contributed by atoms with van der Waals surface area (Å²) < 4.78 is 5.29. The number of halogens is 1. The molecule has 1 amide bonds. The third kappa shape index (κ3) is 4.20. The summed E-state index contributed by atoms with van der Waals surface area (Å²) in [5, 5.41) is 6.71. The summed E-state index contributed by atoms with van der Waals surface area (Å²) in [6.45, 7) is 7.81. The van der Waals surface area contributed by atoms with Gasteiger partial charge in [-0.15, -0.1) is 0 Å². The van der Waals surface area contributed by atoms with Gasteiger partial charge in [0.15, 0.2) is 0 Å². The highest BCUT2D eigenvalue weighted by atomic mass is 35.5. The lowest BCUT2D eigenvalue weighted by molar-refractivity contribution is -0.116. The summed E-state index contributed by atoms with van der Waals surface area (Å²) in [5.41, 5.74) is 4.81. The average molecular weight is 347 g/mol. The molecule has 0 fully saturated rings. The van der Waals surface area contributed by atoms with Crippen LogP contribution < -0.4 is 15.4 Å². The van der Waals surface area contributed by atoms with E-state index in [2.05, 4.69) is 17.6 Å². The Balaban J connectivity index is 2.11. The smallest absolute Gasteiger partial charge is 0.246 e. The quantitative estimate of drug-likeness (QED) is 0.824. The van der Waals surface area contributed by atoms with Crippen LogP contribution in [0.2, 0.25) is 5.02 Å². The van der Waals surface area contributed by atoms with E-state index in [1.807, 2.05) is 45.0 Å². The minimum absolute atomic E-state index is 0.145. The number of hydrogen-bond donors (Lipinski definition) is 2. The number of carbonyl (C=O) groups excluding carboxylic acids is 1. The zero-order valence-corrected chi connectivity index (χ0v) is 15.4. The standard InChI is InChI=1S/C19H23ClN2O2/c1-11-6-7-15(8-12(11)2)21-14(4)19(23)22-17-9-13(3)16(20)10-18(17)24-5/h6-10,14,21H,1-5H3,(H,22,23). The first-order valence-corrected chi connectivity index (χ1v) is 8.18. The maximum absolute atomic E-state index is 12.5. The molecule has 0 aliphatic carbocycles. The van der Waals surface area contributed by atoms with E-state index in [-0.39, 0.29) is 5.91 Å². The van der Waals surface area contributed by atoms with Gasteiger partial charge < -0.3 is 15.4 Å². The second-order valence-electron chi connectivity index (χ2n) is 5.96. The van der Waals surface area contributed by atoms with Crippen molar-refractivity contribution < 1.29 is 9.53 Å². The van der Waals surface area contributed by atoms with Crippen LogP contribution in [0, 0.1) is 20.8 Å². The van der Waals surface area contributed by atoms with Crippen LogP contribution in [0.15, 0.2) is 30.3 Å². The molecule has 0 saturated carbocycles. The third-order valence-corrected chi connectivity index (χ3v) is 4.43. The van der Waals surface area contributed by atoms with E-state index < -0.39 is 6.04 Å². The van der Waals surface area contributed by atoms with Crippen LogP contribution in [0.5, 0.6) is 5.75 Å². The summed E-state index contributed by atoms with van der Waals surface area (Å²) in [5.74, 6) is 0.394. The number of carbonyl (C=O) groups is 1. The van der Waals surface area contributed by atoms with Gasteiger partial charge >= 0.3 is 0 Å². The largest absolute Gasteiger partial charge is 0.495 e. The number of benzene rings is 2. The number of rotatable bonds is 5. The number of nitrogens with one attached hydrogen (secondary N) is 2. The van der Waals surface area contributed by atoms with Crippen LogP contribution in [0.25, 0.3) is 0 Å². The molecule has 2 aromatic rings. The lowest BCUT2D eigenvalue weighted by atomic mass is 10.1. The van der Waals surface area contributed by atoms with E-state index >= 15 is 0 Å². The van der Waals surface area contributed by atoms with E-state index in [1.54, 1.807) is 13.2 Å². The molecule has 1 unspecified atom stereocenters. The van der Waals surface area contributed by atoms with Crippen LogP contribution in [0.3, 0.4) is 0 Å². The molecule has 0 aliphatic heterocycles. The van der Waals surface area contributed by atoms with E-state index in [1.165, 1.54) is 11.1 Å². The second kappa shape index (κ2) is 7.58. The van der Waals surface area contributed by atoms with E-state index in [0.717, 1.165) is 11.3 Å². The van der Waals surface area contributed by atoms with Crippen LogP contribution in [0.4, 0.5) is 11.4 Å². The first-order valence-electron chi connectivity index (χ1n) is 7.80. The molecule has 2 N–H and O–H groups in total. The molecule has 0 heterocycles. The van der Waals surface area contributed by atoms with Crippen molar-refractivity contribution in [3.05, 3.63) is 52.0 Å². The second-order valence-corrected chi connectivity index (χ2v) is 6.36. The minimum Gasteiger partial charge on any atom is -0.495 e. The number of methoxy groups -OCH3 is 1. The molecule has 0 bridgehead atoms. The van der Waals surface area contributed by atoms with Gasteiger partial charge in [-0.3, -0.25) is 4.79 Å². The Morgan fingerprint density at radius 3 is 2.42 bits per heavy atom. The number of ether oxygens (including phenoxy) is 1. The maximum Gasteiger partial charge on any atom is 0.246 e. The highest BCUT2D eigenvalue weighted by Crippen LogP contribution is 2.31. The number of aryl methyl sites for hydroxylation is 3. The van der Waals surface area contributed by atoms with Gasteiger partial charge in [0.25, 0.3) is 0 Å². The Morgan fingerprint density at radius 2 is 1.79 bits per heavy atom. The normalized spacial score (nSPS) is 11.8. The average Bonchev–Trinajstić information content (AvgIpc) is 2.54. The number of hydrogen-bond acceptors (Lipinski definition) is 3. The molecular weight excluding hydrogens is 324 g/mol. The van der Waals surface area contributed by atoms with Gasteiger partial charge in [-0.05, 0) is 62.6 Å². The fraction of sp³-hybridized carbons (Fsp3) is 0.316. The molecule has 0 spiro atoms. The Kier molecular flexibility index (Phi) is 5.73. The molecule has 0 saturated heterocycles. The van der Waals surface area contributed by atoms with Crippen molar-refractivity contribution in [2.24, 2.45) is 0 Å². The van der Waals surface area contributed by atoms with Gasteiger partial charge in [0, 0.05) is 16.8 Å². The molecule has 4 nitrogen and oxygen atoms in total. The Labute approximate surface area is 148 Å². The Morgan fingerprint density at radius 1 is 1.08 bits per heavy atom. The summed E-state index contributed by atoms with van der Waals surface area (Å²) in [7, 11) is 1.55. The van der Waals surface area contributed by atoms with E-state index in [9.17, 15) is 4.79 Å². The fourth-order valence-electron chi connectivity index (χ4n) is 2.32. The van der Waals surface area contributed by atoms with Crippen LogP contribution >= 0.6 is 11.6 Å². The molecule has 2 aromatic carbocycles. The first-order chi connectivity index (χ1) is 11.3. The predicted octanol–water partition coefficient (Wildman–Crippen LogP) is 4.71. The SMILES string of the molecule is COc1cc(Cl)c(C)cc1NC(=O)C(C)Nc1ccc(C)c(C)c1. The lowest BCUT2D eigenvalue weighted by Gasteiger charge is -2.18. The minimum atomic E-state index is -0.396. The first kappa shape index (κ1) is 18.1. The van der Waals surface area contributed by atoms with Gasteiger partial charge in [-0.1, -0.05) is 17.7 Å². The van der Waals surface area contributed by atoms with Crippen LogP contribution in [-0.4, -0.2) is 19.1 Å². The lowest BCUT2D eigenvalue weighted by Crippen LogP contribution is -2.32. The summed E-state index contributed by atoms with van der Waals surface area (Å²) in [6, 6.07) is 9.15. The number of amides is 1. The van der Waals surface area contributed by atoms with Crippen molar-refractivity contribution in [1.82, 2.24) is 0 Å². The molecule has 0 radical (unpaired) electrons. The van der Waals surface area contributed by atoms with Crippen molar-refractivity contribution in [3.8, 4) is 5.75 Å². The van der Waals surface area contributed by atoms with Crippen molar-refractivity contribution in [2.45, 2.75) is 33.7 Å². The van der Waals surface area contributed by atoms with Crippen molar-refractivity contribution in [1.29, 1.82) is 0 Å². The highest BCUT2D eigenvalue weighted by molar-refractivity contribution is 6.31. The van der Waals surface area contributed by atoms with Crippen molar-refractivity contribution in [2.75, 3.05) is 17.7 Å². The maximum atomic E-state index is 12.5. The van der Waals surface area contributed by atoms with Crippen molar-refractivity contribution in [3.63, 3.8) is 0 Å². The van der Waals surface area contributed by atoms with Gasteiger partial charge in [-0.2, -0.15) is 0 Å². The van der Waals surface area contributed by atoms with Crippen molar-refractivity contribution >= 4 is 28.9 Å². The van der Waals surface area contributed by atoms with Gasteiger partial charge in [0.1, 0.15) is 11.8 Å². The molecule has 24 heavy (non-hydrogen) atoms. The molecular formula is C19H23ClN2O2. The molecule has 0 aromatic heterocycles. The van der Waals surface area contributed by atoms with Crippen LogP contribution in [0.1, 0.15) is 23.6 Å². The fourth-order valence-corrected chi connectivity index (χ4v) is 2.47. The predicted molar refractivity (Wildman–Crippen MR) is 100 cm³/mol. The Hall–Kier alpha value is -2.20. The topological polar surface area (TPSA) is 50.4 Å². The van der Waals surface area contributed by atoms with Gasteiger partial charge in [-0.25, -0.2) is 0 Å². The summed E-state index contributed by atoms with van der Waals surface area (Å²) >= 11 is 6.09. The molecule has 128 valence electrons. The zero-order valence-electron chi connectivity index (χ0n) is 14.7. The van der Waals surface area contributed by atoms with Crippen LogP contribution in [-0.2, 0) is 4.79 Å². The molecule has 2 rings (SSSR count). The molecule has 1 atom stereocenters. The van der Waals surface area contributed by atoms with Gasteiger partial charge in [0.05, 0.1) is 12.8 Å². The molecule has 5 heteroatoms. The van der Waals surface area contributed by atoms with E-state index in [0.29, 0.717) is 16.5 Å². The zero-order chi connectivity index (χ0) is 17.9. The van der Waals surface area contributed by atoms with E-state index in [4.69, 9.17) is 16.3 Å². The van der Waals surface area contributed by atoms with Gasteiger partial charge in [0.2, 0.25) is 5.91 Å². The number of anilines is 2. The highest BCUT2D eigenvalue weighted by Gasteiger charge is 2.16. The molecule has 0 aliphatic rings. The summed E-state index contributed by atoms with van der Waals surface area (Å²) in [6.07, 6.45) is 0. The summed E-state index contributed by atoms with van der Waals surface area (Å²) in [4.78, 5) is 12.5. The Bertz CT molecular complexity index is 759. The monoisotopic (exact) mass is 346 g/mol.